The second kappa shape index (κ2) is 7.55. The monoisotopic (exact) mass is 440 g/mol. The lowest BCUT2D eigenvalue weighted by molar-refractivity contribution is 1.77. The third kappa shape index (κ3) is 2.86. The van der Waals surface area contributed by atoms with Crippen LogP contribution in [0.5, 0.6) is 0 Å². The zero-order chi connectivity index (χ0) is 22.1. The van der Waals surface area contributed by atoms with E-state index < -0.39 is 0 Å². The molecule has 0 radical (unpaired) electrons. The summed E-state index contributed by atoms with van der Waals surface area (Å²) in [6.07, 6.45) is 0. The van der Waals surface area contributed by atoms with E-state index in [4.69, 9.17) is 0 Å². The molecule has 4 aromatic rings. The SMILES string of the molecule is Bc1c(B)c(B)c(-c2c3ccccc3c(Br)c3c(B)c(B)c(B)c(B)c23)c(B)c1B. The molecule has 30 heavy (non-hydrogen) atoms. The van der Waals surface area contributed by atoms with Gasteiger partial charge in [0.05, 0.1) is 0 Å². The summed E-state index contributed by atoms with van der Waals surface area (Å²) in [6.45, 7) is 0. The van der Waals surface area contributed by atoms with Crippen molar-refractivity contribution in [3.8, 4) is 11.1 Å². The minimum absolute atomic E-state index is 1.22. The Morgan fingerprint density at radius 2 is 0.833 bits per heavy atom. The summed E-state index contributed by atoms with van der Waals surface area (Å²) in [4.78, 5) is 0. The molecule has 0 spiro atoms. The van der Waals surface area contributed by atoms with E-state index in [0.717, 1.165) is 0 Å². The second-order valence-electron chi connectivity index (χ2n) is 8.98. The van der Waals surface area contributed by atoms with E-state index >= 15 is 0 Å². The van der Waals surface area contributed by atoms with Gasteiger partial charge in [-0.3, -0.25) is 0 Å². The Bertz CT molecular complexity index is 1370. The molecule has 0 unspecified atom stereocenters. The molecule has 4 aromatic carbocycles. The largest absolute Gasteiger partial charge is 0.139 e. The van der Waals surface area contributed by atoms with E-state index in [2.05, 4.69) is 111 Å². The first-order valence-corrected chi connectivity index (χ1v) is 11.6. The molecule has 0 saturated heterocycles. The summed E-state index contributed by atoms with van der Waals surface area (Å²) in [5.41, 5.74) is 15.4. The first-order valence-electron chi connectivity index (χ1n) is 10.8. The highest BCUT2D eigenvalue weighted by Crippen LogP contribution is 2.38. The number of hydrogen-bond donors (Lipinski definition) is 0. The van der Waals surface area contributed by atoms with Crippen LogP contribution in [0.4, 0.5) is 0 Å². The summed E-state index contributed by atoms with van der Waals surface area (Å²) in [6, 6.07) is 8.87. The number of rotatable bonds is 1. The average molecular weight is 440 g/mol. The molecule has 0 aromatic heterocycles. The van der Waals surface area contributed by atoms with Crippen LogP contribution in [0.2, 0.25) is 0 Å². The summed E-state index contributed by atoms with van der Waals surface area (Å²) < 4.78 is 1.22. The molecule has 0 nitrogen and oxygen atoms in total. The van der Waals surface area contributed by atoms with Gasteiger partial charge in [0.1, 0.15) is 70.6 Å². The Hall–Kier alpha value is -1.54. The van der Waals surface area contributed by atoms with Gasteiger partial charge < -0.3 is 0 Å². The molecule has 10 heteroatoms. The van der Waals surface area contributed by atoms with Gasteiger partial charge in [0.2, 0.25) is 0 Å². The maximum Gasteiger partial charge on any atom is 0.139 e. The van der Waals surface area contributed by atoms with Crippen molar-refractivity contribution in [2.45, 2.75) is 0 Å². The fraction of sp³-hybridized carbons (Fsp3) is 0. The van der Waals surface area contributed by atoms with E-state index in [1.807, 2.05) is 0 Å². The Morgan fingerprint density at radius 3 is 1.37 bits per heavy atom. The van der Waals surface area contributed by atoms with Gasteiger partial charge in [0, 0.05) is 4.47 Å². The highest BCUT2D eigenvalue weighted by molar-refractivity contribution is 9.10. The van der Waals surface area contributed by atoms with E-state index in [1.165, 1.54) is 86.3 Å². The van der Waals surface area contributed by atoms with Crippen LogP contribution in [0.15, 0.2) is 28.7 Å². The van der Waals surface area contributed by atoms with Crippen molar-refractivity contribution < 1.29 is 0 Å². The minimum Gasteiger partial charge on any atom is -0.102 e. The molecule has 0 amide bonds. The molecule has 0 aliphatic heterocycles. The average Bonchev–Trinajstić information content (AvgIpc) is 2.74. The molecular weight excluding hydrogens is 417 g/mol. The van der Waals surface area contributed by atoms with Crippen LogP contribution < -0.4 is 49.2 Å². The predicted molar refractivity (Wildman–Crippen MR) is 168 cm³/mol. The Morgan fingerprint density at radius 1 is 0.433 bits per heavy atom. The predicted octanol–water partition coefficient (Wildman–Crippen LogP) is -9.25. The lowest BCUT2D eigenvalue weighted by Crippen LogP contribution is -2.55. The molecule has 0 bridgehead atoms. The van der Waals surface area contributed by atoms with Gasteiger partial charge in [-0.05, 0) is 48.6 Å². The third-order valence-corrected chi connectivity index (χ3v) is 8.66. The van der Waals surface area contributed by atoms with Crippen molar-refractivity contribution in [1.82, 2.24) is 0 Å². The van der Waals surface area contributed by atoms with Crippen LogP contribution in [0, 0.1) is 0 Å². The maximum absolute atomic E-state index is 4.01. The second-order valence-corrected chi connectivity index (χ2v) is 9.78. The van der Waals surface area contributed by atoms with Crippen molar-refractivity contribution in [1.29, 1.82) is 0 Å². The van der Waals surface area contributed by atoms with Crippen LogP contribution in [0.25, 0.3) is 32.7 Å². The van der Waals surface area contributed by atoms with E-state index in [9.17, 15) is 0 Å². The van der Waals surface area contributed by atoms with E-state index in [1.54, 1.807) is 0 Å². The molecular formula is C20H22B9Br. The van der Waals surface area contributed by atoms with Crippen LogP contribution in [-0.2, 0) is 0 Å². The molecule has 136 valence electrons. The Kier molecular flexibility index (Phi) is 5.46. The minimum atomic E-state index is 1.22. The summed E-state index contributed by atoms with van der Waals surface area (Å²) in [5.74, 6) is 0. The van der Waals surface area contributed by atoms with Crippen LogP contribution >= 0.6 is 15.9 Å². The van der Waals surface area contributed by atoms with Gasteiger partial charge in [-0.25, -0.2) is 0 Å². The van der Waals surface area contributed by atoms with Gasteiger partial charge in [-0.1, -0.05) is 46.1 Å². The number of benzene rings is 4. The molecule has 0 atom stereocenters. The van der Waals surface area contributed by atoms with Gasteiger partial charge in [0.15, 0.2) is 0 Å². The normalized spacial score (nSPS) is 11.4. The van der Waals surface area contributed by atoms with Crippen molar-refractivity contribution in [3.05, 3.63) is 28.7 Å². The summed E-state index contributed by atoms with van der Waals surface area (Å²) in [5, 5.41) is 5.38. The summed E-state index contributed by atoms with van der Waals surface area (Å²) >= 11 is 4.01. The van der Waals surface area contributed by atoms with E-state index in [0.29, 0.717) is 0 Å². The first kappa shape index (κ1) is 21.7. The standard InChI is InChI=1S/C20H22B9Br/c21-11-8-7(9-12(22)16(26)19(29)17(27)13(9)23)5-3-1-2-4-6(5)20(30)10(8)14(24)18(28)15(11)25/h1-4H,21-29H2. The molecule has 4 rings (SSSR count). The smallest absolute Gasteiger partial charge is 0.102 e. The molecule has 0 aliphatic rings. The van der Waals surface area contributed by atoms with Gasteiger partial charge in [-0.15, -0.1) is 27.3 Å². The van der Waals surface area contributed by atoms with Gasteiger partial charge >= 0.3 is 0 Å². The van der Waals surface area contributed by atoms with E-state index in [-0.39, 0.29) is 0 Å². The number of fused-ring (bicyclic) bond motifs is 2. The lowest BCUT2D eigenvalue weighted by Gasteiger charge is -2.26. The van der Waals surface area contributed by atoms with Gasteiger partial charge in [-0.2, -0.15) is 0 Å². The van der Waals surface area contributed by atoms with Crippen LogP contribution in [-0.4, -0.2) is 70.6 Å². The summed E-state index contributed by atoms with van der Waals surface area (Å²) in [7, 11) is 20.5. The highest BCUT2D eigenvalue weighted by atomic mass is 79.9. The van der Waals surface area contributed by atoms with Crippen molar-refractivity contribution in [2.75, 3.05) is 0 Å². The highest BCUT2D eigenvalue weighted by Gasteiger charge is 2.22. The van der Waals surface area contributed by atoms with Crippen LogP contribution in [0.1, 0.15) is 0 Å². The van der Waals surface area contributed by atoms with Crippen LogP contribution in [0.3, 0.4) is 0 Å². The fourth-order valence-electron chi connectivity index (χ4n) is 5.20. The van der Waals surface area contributed by atoms with Gasteiger partial charge in [0.25, 0.3) is 0 Å². The molecule has 0 N–H and O–H groups in total. The van der Waals surface area contributed by atoms with Crippen molar-refractivity contribution in [2.24, 2.45) is 0 Å². The first-order chi connectivity index (χ1) is 14.1. The zero-order valence-electron chi connectivity index (χ0n) is 19.7. The zero-order valence-corrected chi connectivity index (χ0v) is 21.3. The molecule has 0 fully saturated rings. The number of hydrogen-bond acceptors (Lipinski definition) is 0. The molecule has 0 aliphatic carbocycles. The molecule has 0 heterocycles. The topological polar surface area (TPSA) is 0 Å². The number of halogens is 1. The quantitative estimate of drug-likeness (QED) is 0.204. The third-order valence-electron chi connectivity index (χ3n) is 7.84. The van der Waals surface area contributed by atoms with Crippen molar-refractivity contribution in [3.63, 3.8) is 0 Å². The molecule has 0 saturated carbocycles. The van der Waals surface area contributed by atoms with Crippen molar-refractivity contribution >= 4 is 157 Å². The fourth-order valence-corrected chi connectivity index (χ4v) is 6.04. The lowest BCUT2D eigenvalue weighted by atomic mass is 9.58. The Labute approximate surface area is 196 Å². The Balaban J connectivity index is 2.43. The maximum atomic E-state index is 4.01.